The van der Waals surface area contributed by atoms with E-state index >= 15 is 0 Å². The van der Waals surface area contributed by atoms with Gasteiger partial charge in [-0.15, -0.1) is 0 Å². The summed E-state index contributed by atoms with van der Waals surface area (Å²) < 4.78 is 5.26. The topological polar surface area (TPSA) is 24.5 Å². The Morgan fingerprint density at radius 3 is 2.75 bits per heavy atom. The molecular weight excluding hydrogens is 200 g/mol. The molecule has 4 atom stereocenters. The molecule has 3 heteroatoms. The molecule has 94 valence electrons. The number of ether oxygens (including phenoxy) is 1. The first-order valence-corrected chi connectivity index (χ1v) is 6.73. The summed E-state index contributed by atoms with van der Waals surface area (Å²) in [4.78, 5) is 2.57. The number of nitrogens with one attached hydrogen (secondary N) is 1. The van der Waals surface area contributed by atoms with Gasteiger partial charge in [-0.3, -0.25) is 4.90 Å². The van der Waals surface area contributed by atoms with Crippen LogP contribution in [0.25, 0.3) is 0 Å². The maximum absolute atomic E-state index is 5.26. The van der Waals surface area contributed by atoms with Crippen molar-refractivity contribution in [1.82, 2.24) is 10.2 Å². The van der Waals surface area contributed by atoms with E-state index in [1.54, 1.807) is 7.11 Å². The van der Waals surface area contributed by atoms with Crippen molar-refractivity contribution in [2.24, 2.45) is 5.92 Å². The van der Waals surface area contributed by atoms with Gasteiger partial charge in [0.1, 0.15) is 0 Å². The van der Waals surface area contributed by atoms with Crippen LogP contribution in [-0.2, 0) is 4.74 Å². The number of likely N-dealkylation sites (N-methyl/N-ethyl adjacent to an activating group) is 1. The highest BCUT2D eigenvalue weighted by atomic mass is 16.5. The maximum atomic E-state index is 5.26. The van der Waals surface area contributed by atoms with Crippen molar-refractivity contribution >= 4 is 0 Å². The summed E-state index contributed by atoms with van der Waals surface area (Å²) in [6.07, 6.45) is 4.19. The lowest BCUT2D eigenvalue weighted by Gasteiger charge is -2.32. The van der Waals surface area contributed by atoms with Crippen LogP contribution in [0.1, 0.15) is 33.1 Å². The van der Waals surface area contributed by atoms with Gasteiger partial charge in [0.25, 0.3) is 0 Å². The second-order valence-electron chi connectivity index (χ2n) is 5.44. The quantitative estimate of drug-likeness (QED) is 0.742. The lowest BCUT2D eigenvalue weighted by atomic mass is 9.88. The molecule has 2 heterocycles. The Bertz CT molecular complexity index is 222. The fraction of sp³-hybridized carbons (Fsp3) is 1.00. The van der Waals surface area contributed by atoms with Gasteiger partial charge in [0, 0.05) is 31.8 Å². The lowest BCUT2D eigenvalue weighted by Crippen LogP contribution is -2.42. The van der Waals surface area contributed by atoms with E-state index in [-0.39, 0.29) is 0 Å². The number of fused-ring (bicyclic) bond motifs is 2. The molecule has 2 saturated heterocycles. The number of hydrogen-bond donors (Lipinski definition) is 1. The van der Waals surface area contributed by atoms with Crippen molar-refractivity contribution in [1.29, 1.82) is 0 Å². The fourth-order valence-electron chi connectivity index (χ4n) is 3.41. The summed E-state index contributed by atoms with van der Waals surface area (Å²) in [5.41, 5.74) is 0. The van der Waals surface area contributed by atoms with E-state index in [2.05, 4.69) is 24.1 Å². The van der Waals surface area contributed by atoms with Gasteiger partial charge in [-0.05, 0) is 38.6 Å². The van der Waals surface area contributed by atoms with Crippen molar-refractivity contribution in [3.8, 4) is 0 Å². The molecule has 0 radical (unpaired) electrons. The van der Waals surface area contributed by atoms with Gasteiger partial charge < -0.3 is 10.1 Å². The molecule has 2 aliphatic rings. The molecule has 16 heavy (non-hydrogen) atoms. The highest BCUT2D eigenvalue weighted by Crippen LogP contribution is 2.33. The molecule has 2 bridgehead atoms. The third-order valence-corrected chi connectivity index (χ3v) is 4.34. The zero-order chi connectivity index (χ0) is 11.5. The van der Waals surface area contributed by atoms with Gasteiger partial charge in [-0.1, -0.05) is 6.92 Å². The minimum atomic E-state index is 0.550. The van der Waals surface area contributed by atoms with E-state index in [4.69, 9.17) is 4.74 Å². The van der Waals surface area contributed by atoms with Crippen LogP contribution >= 0.6 is 0 Å². The predicted molar refractivity (Wildman–Crippen MR) is 66.6 cm³/mol. The molecule has 2 rings (SSSR count). The first-order valence-electron chi connectivity index (χ1n) is 6.73. The van der Waals surface area contributed by atoms with Gasteiger partial charge in [-0.2, -0.15) is 0 Å². The zero-order valence-electron chi connectivity index (χ0n) is 10.9. The van der Waals surface area contributed by atoms with Gasteiger partial charge in [0.05, 0.1) is 6.61 Å². The Kier molecular flexibility index (Phi) is 4.22. The minimum Gasteiger partial charge on any atom is -0.383 e. The van der Waals surface area contributed by atoms with Crippen LogP contribution in [0.4, 0.5) is 0 Å². The number of rotatable bonds is 6. The third-order valence-electron chi connectivity index (χ3n) is 4.34. The summed E-state index contributed by atoms with van der Waals surface area (Å²) in [5.74, 6) is 0.873. The Morgan fingerprint density at radius 2 is 2.25 bits per heavy atom. The van der Waals surface area contributed by atoms with Gasteiger partial charge in [0.15, 0.2) is 0 Å². The molecule has 4 unspecified atom stereocenters. The Morgan fingerprint density at radius 1 is 1.44 bits per heavy atom. The summed E-state index contributed by atoms with van der Waals surface area (Å²) in [6.45, 7) is 7.76. The standard InChI is InChI=1S/C13H26N2O/c1-4-15(10(2)9-16-3)8-11-7-12-5-6-13(11)14-12/h10-14H,4-9H2,1-3H3. The van der Waals surface area contributed by atoms with Gasteiger partial charge in [0.2, 0.25) is 0 Å². The van der Waals surface area contributed by atoms with Crippen molar-refractivity contribution in [2.45, 2.75) is 51.2 Å². The summed E-state index contributed by atoms with van der Waals surface area (Å²) in [5, 5.41) is 3.72. The highest BCUT2D eigenvalue weighted by molar-refractivity contribution is 4.98. The van der Waals surface area contributed by atoms with E-state index < -0.39 is 0 Å². The first-order chi connectivity index (χ1) is 7.74. The van der Waals surface area contributed by atoms with Gasteiger partial charge in [-0.25, -0.2) is 0 Å². The molecule has 3 nitrogen and oxygen atoms in total. The number of methoxy groups -OCH3 is 1. The van der Waals surface area contributed by atoms with Crippen LogP contribution in [0.5, 0.6) is 0 Å². The van der Waals surface area contributed by atoms with Crippen molar-refractivity contribution < 1.29 is 4.74 Å². The molecule has 1 N–H and O–H groups in total. The first kappa shape index (κ1) is 12.3. The van der Waals surface area contributed by atoms with E-state index in [1.165, 1.54) is 25.8 Å². The second-order valence-corrected chi connectivity index (χ2v) is 5.44. The van der Waals surface area contributed by atoms with Crippen LogP contribution in [0, 0.1) is 5.92 Å². The molecule has 0 amide bonds. The monoisotopic (exact) mass is 226 g/mol. The van der Waals surface area contributed by atoms with Crippen LogP contribution < -0.4 is 5.32 Å². The van der Waals surface area contributed by atoms with E-state index in [1.807, 2.05) is 0 Å². The molecule has 0 aromatic heterocycles. The van der Waals surface area contributed by atoms with Crippen LogP contribution in [0.15, 0.2) is 0 Å². The van der Waals surface area contributed by atoms with Crippen LogP contribution in [-0.4, -0.2) is 49.8 Å². The fourth-order valence-corrected chi connectivity index (χ4v) is 3.41. The summed E-state index contributed by atoms with van der Waals surface area (Å²) in [7, 11) is 1.80. The van der Waals surface area contributed by atoms with Crippen LogP contribution in [0.2, 0.25) is 0 Å². The Labute approximate surface area is 99.5 Å². The molecule has 0 aliphatic carbocycles. The second kappa shape index (κ2) is 5.48. The molecule has 0 saturated carbocycles. The zero-order valence-corrected chi connectivity index (χ0v) is 10.9. The smallest absolute Gasteiger partial charge is 0.0615 e. The molecule has 2 fully saturated rings. The maximum Gasteiger partial charge on any atom is 0.0615 e. The molecule has 0 spiro atoms. The average molecular weight is 226 g/mol. The molecular formula is C13H26N2O. The number of nitrogens with zero attached hydrogens (tertiary/aromatic N) is 1. The van der Waals surface area contributed by atoms with E-state index in [0.29, 0.717) is 6.04 Å². The SMILES string of the molecule is CCN(CC1CC2CCC1N2)C(C)COC. The largest absolute Gasteiger partial charge is 0.383 e. The average Bonchev–Trinajstić information content (AvgIpc) is 2.87. The Hall–Kier alpha value is -0.120. The van der Waals surface area contributed by atoms with E-state index in [9.17, 15) is 0 Å². The summed E-state index contributed by atoms with van der Waals surface area (Å²) >= 11 is 0. The highest BCUT2D eigenvalue weighted by Gasteiger charge is 2.39. The van der Waals surface area contributed by atoms with Crippen molar-refractivity contribution in [2.75, 3.05) is 26.8 Å². The lowest BCUT2D eigenvalue weighted by molar-refractivity contribution is 0.0881. The summed E-state index contributed by atoms with van der Waals surface area (Å²) in [6, 6.07) is 2.18. The minimum absolute atomic E-state index is 0.550. The number of hydrogen-bond acceptors (Lipinski definition) is 3. The Balaban J connectivity index is 1.82. The molecule has 2 aliphatic heterocycles. The van der Waals surface area contributed by atoms with Crippen molar-refractivity contribution in [3.63, 3.8) is 0 Å². The predicted octanol–water partition coefficient (Wildman–Crippen LogP) is 1.48. The molecule has 0 aromatic carbocycles. The third kappa shape index (κ3) is 2.58. The van der Waals surface area contributed by atoms with Crippen molar-refractivity contribution in [3.05, 3.63) is 0 Å². The van der Waals surface area contributed by atoms with Gasteiger partial charge >= 0.3 is 0 Å². The van der Waals surface area contributed by atoms with E-state index in [0.717, 1.165) is 31.2 Å². The molecule has 0 aromatic rings. The van der Waals surface area contributed by atoms with Crippen LogP contribution in [0.3, 0.4) is 0 Å². The normalized spacial score (nSPS) is 34.9.